The van der Waals surface area contributed by atoms with Crippen LogP contribution in [0.15, 0.2) is 18.2 Å². The molecule has 0 aromatic heterocycles. The van der Waals surface area contributed by atoms with E-state index in [1.54, 1.807) is 0 Å². The molecule has 0 aliphatic carbocycles. The molecule has 2 rings (SSSR count). The summed E-state index contributed by atoms with van der Waals surface area (Å²) in [4.78, 5) is 12.4. The van der Waals surface area contributed by atoms with Crippen molar-refractivity contribution in [3.8, 4) is 6.07 Å². The van der Waals surface area contributed by atoms with Crippen molar-refractivity contribution in [2.75, 3.05) is 24.6 Å². The Morgan fingerprint density at radius 3 is 2.94 bits per heavy atom. The fourth-order valence-electron chi connectivity index (χ4n) is 2.20. The van der Waals surface area contributed by atoms with Gasteiger partial charge in [0.05, 0.1) is 16.6 Å². The Morgan fingerprint density at radius 2 is 2.39 bits per heavy atom. The number of nitro groups is 1. The van der Waals surface area contributed by atoms with Crippen LogP contribution in [0.25, 0.3) is 0 Å². The molecule has 0 saturated carbocycles. The van der Waals surface area contributed by atoms with Gasteiger partial charge in [0.25, 0.3) is 5.69 Å². The number of rotatable bonds is 3. The lowest BCUT2D eigenvalue weighted by atomic mass is 10.1. The zero-order valence-electron chi connectivity index (χ0n) is 9.74. The molecule has 0 amide bonds. The zero-order valence-corrected chi connectivity index (χ0v) is 9.74. The van der Waals surface area contributed by atoms with Crippen molar-refractivity contribution in [1.29, 1.82) is 5.26 Å². The van der Waals surface area contributed by atoms with Crippen molar-refractivity contribution in [1.82, 2.24) is 0 Å². The highest BCUT2D eigenvalue weighted by atomic mass is 16.6. The van der Waals surface area contributed by atoms with Crippen molar-refractivity contribution in [2.24, 2.45) is 5.92 Å². The highest BCUT2D eigenvalue weighted by molar-refractivity contribution is 5.66. The molecule has 0 bridgehead atoms. The molecule has 1 aromatic rings. The van der Waals surface area contributed by atoms with Gasteiger partial charge < -0.3 is 10.0 Å². The van der Waals surface area contributed by atoms with Crippen molar-refractivity contribution in [2.45, 2.75) is 6.42 Å². The molecular formula is C12H13N3O3. The summed E-state index contributed by atoms with van der Waals surface area (Å²) in [5, 5.41) is 28.9. The number of nitrogens with zero attached hydrogens (tertiary/aromatic N) is 3. The quantitative estimate of drug-likeness (QED) is 0.642. The normalized spacial score (nSPS) is 18.7. The van der Waals surface area contributed by atoms with E-state index in [2.05, 4.69) is 0 Å². The van der Waals surface area contributed by atoms with Gasteiger partial charge in [0.1, 0.15) is 5.69 Å². The molecule has 1 N–H and O–H groups in total. The van der Waals surface area contributed by atoms with Crippen molar-refractivity contribution >= 4 is 11.4 Å². The third-order valence-corrected chi connectivity index (χ3v) is 3.19. The first-order valence-corrected chi connectivity index (χ1v) is 5.70. The Bertz CT molecular complexity index is 510. The first-order chi connectivity index (χ1) is 8.65. The minimum atomic E-state index is -0.442. The number of benzene rings is 1. The van der Waals surface area contributed by atoms with Gasteiger partial charge >= 0.3 is 0 Å². The van der Waals surface area contributed by atoms with Gasteiger partial charge in [-0.15, -0.1) is 0 Å². The van der Waals surface area contributed by atoms with Gasteiger partial charge in [0.2, 0.25) is 0 Å². The molecular weight excluding hydrogens is 234 g/mol. The van der Waals surface area contributed by atoms with Gasteiger partial charge in [-0.2, -0.15) is 5.26 Å². The Morgan fingerprint density at radius 1 is 1.61 bits per heavy atom. The van der Waals surface area contributed by atoms with Crippen LogP contribution in [0.3, 0.4) is 0 Å². The first-order valence-electron chi connectivity index (χ1n) is 5.70. The first kappa shape index (κ1) is 12.3. The van der Waals surface area contributed by atoms with E-state index in [1.807, 2.05) is 11.0 Å². The molecule has 0 spiro atoms. The SMILES string of the molecule is N#Cc1ccc([N+](=O)[O-])c(N2CCC(CO)C2)c1. The lowest BCUT2D eigenvalue weighted by Gasteiger charge is -2.18. The van der Waals surface area contributed by atoms with Crippen LogP contribution in [-0.4, -0.2) is 29.7 Å². The molecule has 18 heavy (non-hydrogen) atoms. The molecule has 1 atom stereocenters. The maximum Gasteiger partial charge on any atom is 0.292 e. The zero-order chi connectivity index (χ0) is 13.1. The van der Waals surface area contributed by atoms with Crippen LogP contribution in [-0.2, 0) is 0 Å². The van der Waals surface area contributed by atoms with E-state index in [-0.39, 0.29) is 18.2 Å². The summed E-state index contributed by atoms with van der Waals surface area (Å²) in [5.41, 5.74) is 0.880. The molecule has 94 valence electrons. The van der Waals surface area contributed by atoms with Gasteiger partial charge in [-0.1, -0.05) is 0 Å². The summed E-state index contributed by atoms with van der Waals surface area (Å²) in [6.07, 6.45) is 0.810. The van der Waals surface area contributed by atoms with Gasteiger partial charge in [0.15, 0.2) is 0 Å². The highest BCUT2D eigenvalue weighted by Crippen LogP contribution is 2.32. The molecule has 1 unspecified atom stereocenters. The largest absolute Gasteiger partial charge is 0.396 e. The minimum absolute atomic E-state index is 0.00703. The lowest BCUT2D eigenvalue weighted by Crippen LogP contribution is -2.21. The molecule has 1 saturated heterocycles. The third kappa shape index (κ3) is 2.26. The molecule has 1 aromatic carbocycles. The Labute approximate surface area is 104 Å². The maximum atomic E-state index is 11.0. The van der Waals surface area contributed by atoms with Gasteiger partial charge in [-0.05, 0) is 18.6 Å². The van der Waals surface area contributed by atoms with Crippen LogP contribution in [0.1, 0.15) is 12.0 Å². The molecule has 6 nitrogen and oxygen atoms in total. The average Bonchev–Trinajstić information content (AvgIpc) is 2.86. The van der Waals surface area contributed by atoms with Crippen molar-refractivity contribution in [3.63, 3.8) is 0 Å². The molecule has 1 heterocycles. The van der Waals surface area contributed by atoms with Gasteiger partial charge in [-0.25, -0.2) is 0 Å². The summed E-state index contributed by atoms with van der Waals surface area (Å²) in [6.45, 7) is 1.34. The third-order valence-electron chi connectivity index (χ3n) is 3.19. The number of hydrogen-bond donors (Lipinski definition) is 1. The molecule has 0 radical (unpaired) electrons. The Hall–Kier alpha value is -2.13. The number of nitriles is 1. The van der Waals surface area contributed by atoms with Crippen LogP contribution in [0.2, 0.25) is 0 Å². The van der Waals surface area contributed by atoms with Crippen LogP contribution in [0.5, 0.6) is 0 Å². The second kappa shape index (κ2) is 5.02. The van der Waals surface area contributed by atoms with Gasteiger partial charge in [-0.3, -0.25) is 10.1 Å². The van der Waals surface area contributed by atoms with Crippen LogP contribution < -0.4 is 4.90 Å². The number of nitro benzene ring substituents is 1. The smallest absolute Gasteiger partial charge is 0.292 e. The average molecular weight is 247 g/mol. The number of anilines is 1. The second-order valence-corrected chi connectivity index (χ2v) is 4.36. The summed E-state index contributed by atoms with van der Waals surface area (Å²) in [5.74, 6) is 0.148. The van der Waals surface area contributed by atoms with Crippen LogP contribution >= 0.6 is 0 Å². The van der Waals surface area contributed by atoms with E-state index in [9.17, 15) is 10.1 Å². The Balaban J connectivity index is 2.36. The molecule has 1 fully saturated rings. The van der Waals surface area contributed by atoms with E-state index in [0.29, 0.717) is 24.3 Å². The van der Waals surface area contributed by atoms with Crippen LogP contribution in [0, 0.1) is 27.4 Å². The minimum Gasteiger partial charge on any atom is -0.396 e. The predicted octanol–water partition coefficient (Wildman–Crippen LogP) is 1.29. The standard InChI is InChI=1S/C12H13N3O3/c13-6-9-1-2-11(15(17)18)12(5-9)14-4-3-10(7-14)8-16/h1-2,5,10,16H,3-4,7-8H2. The fourth-order valence-corrected chi connectivity index (χ4v) is 2.20. The lowest BCUT2D eigenvalue weighted by molar-refractivity contribution is -0.384. The molecule has 6 heteroatoms. The topological polar surface area (TPSA) is 90.4 Å². The summed E-state index contributed by atoms with van der Waals surface area (Å²) >= 11 is 0. The second-order valence-electron chi connectivity index (χ2n) is 4.36. The summed E-state index contributed by atoms with van der Waals surface area (Å²) in [7, 11) is 0. The van der Waals surface area contributed by atoms with Crippen molar-refractivity contribution < 1.29 is 10.0 Å². The number of aliphatic hydroxyl groups is 1. The van der Waals surface area contributed by atoms with Crippen LogP contribution in [0.4, 0.5) is 11.4 Å². The van der Waals surface area contributed by atoms with Gasteiger partial charge in [0, 0.05) is 31.7 Å². The summed E-state index contributed by atoms with van der Waals surface area (Å²) < 4.78 is 0. The number of aliphatic hydroxyl groups excluding tert-OH is 1. The van der Waals surface area contributed by atoms with E-state index in [4.69, 9.17) is 10.4 Å². The highest BCUT2D eigenvalue weighted by Gasteiger charge is 2.27. The van der Waals surface area contributed by atoms with E-state index in [0.717, 1.165) is 6.42 Å². The number of hydrogen-bond acceptors (Lipinski definition) is 5. The predicted molar refractivity (Wildman–Crippen MR) is 65.2 cm³/mol. The Kier molecular flexibility index (Phi) is 3.44. The van der Waals surface area contributed by atoms with E-state index < -0.39 is 4.92 Å². The van der Waals surface area contributed by atoms with E-state index >= 15 is 0 Å². The molecule has 1 aliphatic rings. The fraction of sp³-hybridized carbons (Fsp3) is 0.417. The van der Waals surface area contributed by atoms with Crippen molar-refractivity contribution in [3.05, 3.63) is 33.9 Å². The maximum absolute atomic E-state index is 11.0. The summed E-state index contributed by atoms with van der Waals surface area (Å²) in [6, 6.07) is 6.33. The monoisotopic (exact) mass is 247 g/mol. The van der Waals surface area contributed by atoms with E-state index in [1.165, 1.54) is 18.2 Å². The molecule has 1 aliphatic heterocycles.